The average molecular weight is 417 g/mol. The fraction of sp³-hybridized carbons (Fsp3) is 0.370. The van der Waals surface area contributed by atoms with Gasteiger partial charge in [0.25, 0.3) is 5.91 Å². The van der Waals surface area contributed by atoms with Crippen LogP contribution in [-0.4, -0.2) is 31.2 Å². The fourth-order valence-corrected chi connectivity index (χ4v) is 4.88. The zero-order chi connectivity index (χ0) is 21.8. The molecule has 1 saturated carbocycles. The lowest BCUT2D eigenvalue weighted by Crippen LogP contribution is -2.35. The highest BCUT2D eigenvalue weighted by Crippen LogP contribution is 2.34. The largest absolute Gasteiger partial charge is 0.307 e. The lowest BCUT2D eigenvalue weighted by atomic mass is 9.80. The van der Waals surface area contributed by atoms with Crippen LogP contribution in [-0.2, 0) is 4.84 Å². The summed E-state index contributed by atoms with van der Waals surface area (Å²) in [6, 6.07) is 24.1. The van der Waals surface area contributed by atoms with E-state index in [9.17, 15) is 4.79 Å². The summed E-state index contributed by atoms with van der Waals surface area (Å²) in [6.07, 6.45) is 4.75. The molecule has 1 amide bonds. The first kappa shape index (κ1) is 21.5. The van der Waals surface area contributed by atoms with Crippen LogP contribution in [0.1, 0.15) is 66.1 Å². The van der Waals surface area contributed by atoms with Crippen molar-refractivity contribution in [2.24, 2.45) is 0 Å². The van der Waals surface area contributed by atoms with E-state index in [-0.39, 0.29) is 5.91 Å². The Morgan fingerprint density at radius 1 is 1.03 bits per heavy atom. The maximum absolute atomic E-state index is 12.3. The molecule has 4 rings (SSSR count). The third-order valence-electron chi connectivity index (χ3n) is 6.64. The summed E-state index contributed by atoms with van der Waals surface area (Å²) < 4.78 is 0. The van der Waals surface area contributed by atoms with Crippen molar-refractivity contribution in [1.29, 1.82) is 0 Å². The minimum absolute atomic E-state index is 0.124. The number of amides is 1. The first-order chi connectivity index (χ1) is 15.1. The lowest BCUT2D eigenvalue weighted by Gasteiger charge is -2.32. The molecule has 0 radical (unpaired) electrons. The Kier molecular flexibility index (Phi) is 6.69. The van der Waals surface area contributed by atoms with Gasteiger partial charge >= 0.3 is 0 Å². The SMILES string of the molecule is CON(C)C(=O)c1ccc(C2CCCC(N[C@H](C)c3cccc4ccccc34)C2)cc1. The van der Waals surface area contributed by atoms with E-state index in [2.05, 4.69) is 66.8 Å². The number of nitrogens with zero attached hydrogens (tertiary/aromatic N) is 1. The molecule has 1 aliphatic carbocycles. The molecule has 4 nitrogen and oxygen atoms in total. The number of hydrogen-bond acceptors (Lipinski definition) is 3. The first-order valence-corrected chi connectivity index (χ1v) is 11.2. The van der Waals surface area contributed by atoms with Crippen molar-refractivity contribution >= 4 is 16.7 Å². The number of benzene rings is 3. The summed E-state index contributed by atoms with van der Waals surface area (Å²) in [5, 5.41) is 7.78. The summed E-state index contributed by atoms with van der Waals surface area (Å²) >= 11 is 0. The van der Waals surface area contributed by atoms with E-state index in [1.165, 1.54) is 53.3 Å². The Balaban J connectivity index is 1.43. The van der Waals surface area contributed by atoms with Gasteiger partial charge in [0.15, 0.2) is 0 Å². The summed E-state index contributed by atoms with van der Waals surface area (Å²) in [4.78, 5) is 17.3. The van der Waals surface area contributed by atoms with Crippen LogP contribution in [0.5, 0.6) is 0 Å². The van der Waals surface area contributed by atoms with Crippen LogP contribution in [0.25, 0.3) is 10.8 Å². The second-order valence-corrected chi connectivity index (χ2v) is 8.62. The van der Waals surface area contributed by atoms with Gasteiger partial charge in [0.05, 0.1) is 7.11 Å². The van der Waals surface area contributed by atoms with Crippen molar-refractivity contribution in [3.63, 3.8) is 0 Å². The molecule has 0 heterocycles. The van der Waals surface area contributed by atoms with Gasteiger partial charge in [0.2, 0.25) is 0 Å². The normalized spacial score (nSPS) is 19.8. The molecule has 0 aromatic heterocycles. The van der Waals surface area contributed by atoms with E-state index in [0.29, 0.717) is 23.6 Å². The van der Waals surface area contributed by atoms with Crippen molar-refractivity contribution < 1.29 is 9.63 Å². The molecule has 3 atom stereocenters. The topological polar surface area (TPSA) is 41.6 Å². The van der Waals surface area contributed by atoms with Gasteiger partial charge in [-0.1, -0.05) is 61.0 Å². The van der Waals surface area contributed by atoms with E-state index < -0.39 is 0 Å². The first-order valence-electron chi connectivity index (χ1n) is 11.2. The molecule has 162 valence electrons. The third kappa shape index (κ3) is 4.81. The molecule has 3 aromatic carbocycles. The molecule has 0 bridgehead atoms. The Morgan fingerprint density at radius 3 is 2.55 bits per heavy atom. The summed E-state index contributed by atoms with van der Waals surface area (Å²) in [5.41, 5.74) is 3.34. The molecule has 0 spiro atoms. The van der Waals surface area contributed by atoms with Gasteiger partial charge in [-0.15, -0.1) is 0 Å². The molecular formula is C27H32N2O2. The Morgan fingerprint density at radius 2 is 1.77 bits per heavy atom. The summed E-state index contributed by atoms with van der Waals surface area (Å²) in [5.74, 6) is 0.399. The molecule has 2 unspecified atom stereocenters. The van der Waals surface area contributed by atoms with Crippen molar-refractivity contribution in [1.82, 2.24) is 10.4 Å². The predicted molar refractivity (Wildman–Crippen MR) is 126 cm³/mol. The number of hydroxylamine groups is 2. The Bertz CT molecular complexity index is 1030. The minimum Gasteiger partial charge on any atom is -0.307 e. The van der Waals surface area contributed by atoms with Gasteiger partial charge in [0.1, 0.15) is 0 Å². The minimum atomic E-state index is -0.124. The van der Waals surface area contributed by atoms with Gasteiger partial charge in [-0.2, -0.15) is 0 Å². The van der Waals surface area contributed by atoms with Gasteiger partial charge < -0.3 is 5.32 Å². The van der Waals surface area contributed by atoms with Crippen molar-refractivity contribution in [2.45, 2.75) is 50.6 Å². The molecule has 1 N–H and O–H groups in total. The van der Waals surface area contributed by atoms with Crippen molar-refractivity contribution in [3.8, 4) is 0 Å². The molecule has 0 aliphatic heterocycles. The predicted octanol–water partition coefficient (Wildman–Crippen LogP) is 5.85. The van der Waals surface area contributed by atoms with Crippen LogP contribution in [0.2, 0.25) is 0 Å². The fourth-order valence-electron chi connectivity index (χ4n) is 4.88. The van der Waals surface area contributed by atoms with E-state index in [1.54, 1.807) is 7.05 Å². The highest BCUT2D eigenvalue weighted by atomic mass is 16.7. The maximum atomic E-state index is 12.3. The molecule has 1 fully saturated rings. The highest BCUT2D eigenvalue weighted by Gasteiger charge is 2.25. The Hall–Kier alpha value is -2.69. The summed E-state index contributed by atoms with van der Waals surface area (Å²) in [7, 11) is 3.13. The molecule has 1 aliphatic rings. The standard InChI is InChI=1S/C27H32N2O2/c1-19(25-13-7-9-21-8-4-5-12-26(21)25)28-24-11-6-10-23(18-24)20-14-16-22(17-15-20)27(30)29(2)31-3/h4-5,7-9,12-17,19,23-24,28H,6,10-11,18H2,1-3H3/t19-,23?,24?/m1/s1. The molecule has 31 heavy (non-hydrogen) atoms. The highest BCUT2D eigenvalue weighted by molar-refractivity contribution is 5.93. The number of rotatable bonds is 6. The number of hydrogen-bond donors (Lipinski definition) is 1. The molecule has 0 saturated heterocycles. The molecule has 4 heteroatoms. The van der Waals surface area contributed by atoms with Gasteiger partial charge in [-0.25, -0.2) is 5.06 Å². The average Bonchev–Trinajstić information content (AvgIpc) is 2.83. The van der Waals surface area contributed by atoms with Gasteiger partial charge in [0, 0.05) is 24.7 Å². The monoisotopic (exact) mass is 416 g/mol. The third-order valence-corrected chi connectivity index (χ3v) is 6.64. The van der Waals surface area contributed by atoms with E-state index >= 15 is 0 Å². The Labute approximate surface area is 185 Å². The number of carbonyl (C=O) groups excluding carboxylic acids is 1. The maximum Gasteiger partial charge on any atom is 0.277 e. The zero-order valence-corrected chi connectivity index (χ0v) is 18.7. The smallest absolute Gasteiger partial charge is 0.277 e. The quantitative estimate of drug-likeness (QED) is 0.513. The van der Waals surface area contributed by atoms with Crippen molar-refractivity contribution in [3.05, 3.63) is 83.4 Å². The molecule has 3 aromatic rings. The molecular weight excluding hydrogens is 384 g/mol. The summed E-state index contributed by atoms with van der Waals surface area (Å²) in [6.45, 7) is 2.28. The van der Waals surface area contributed by atoms with Crippen LogP contribution in [0.15, 0.2) is 66.7 Å². The van der Waals surface area contributed by atoms with Crippen LogP contribution >= 0.6 is 0 Å². The number of nitrogens with one attached hydrogen (secondary N) is 1. The second-order valence-electron chi connectivity index (χ2n) is 8.62. The van der Waals surface area contributed by atoms with E-state index in [4.69, 9.17) is 4.84 Å². The second kappa shape index (κ2) is 9.63. The van der Waals surface area contributed by atoms with Crippen LogP contribution < -0.4 is 5.32 Å². The van der Waals surface area contributed by atoms with E-state index in [0.717, 1.165) is 6.42 Å². The van der Waals surface area contributed by atoms with Crippen LogP contribution in [0.4, 0.5) is 0 Å². The van der Waals surface area contributed by atoms with E-state index in [1.807, 2.05) is 12.1 Å². The van der Waals surface area contributed by atoms with Crippen LogP contribution in [0.3, 0.4) is 0 Å². The van der Waals surface area contributed by atoms with Crippen LogP contribution in [0, 0.1) is 0 Å². The van der Waals surface area contributed by atoms with Gasteiger partial charge in [-0.3, -0.25) is 9.63 Å². The van der Waals surface area contributed by atoms with Gasteiger partial charge in [-0.05, 0) is 66.1 Å². The van der Waals surface area contributed by atoms with Crippen molar-refractivity contribution in [2.75, 3.05) is 14.2 Å². The zero-order valence-electron chi connectivity index (χ0n) is 18.7. The number of carbonyl (C=O) groups is 1. The number of fused-ring (bicyclic) bond motifs is 1. The lowest BCUT2D eigenvalue weighted by molar-refractivity contribution is -0.0757.